The van der Waals surface area contributed by atoms with Crippen LogP contribution in [0.25, 0.3) is 0 Å². The summed E-state index contributed by atoms with van der Waals surface area (Å²) in [6, 6.07) is 8.56. The van der Waals surface area contributed by atoms with E-state index in [0.717, 1.165) is 17.7 Å². The molecule has 1 amide bonds. The molecule has 0 spiro atoms. The van der Waals surface area contributed by atoms with Gasteiger partial charge >= 0.3 is 0 Å². The number of benzene rings is 1. The van der Waals surface area contributed by atoms with Crippen LogP contribution in [0.15, 0.2) is 24.3 Å². The highest BCUT2D eigenvalue weighted by molar-refractivity contribution is 5.78. The Kier molecular flexibility index (Phi) is 6.05. The van der Waals surface area contributed by atoms with Gasteiger partial charge in [0, 0.05) is 12.1 Å². The van der Waals surface area contributed by atoms with Crippen LogP contribution in [0.4, 0.5) is 0 Å². The number of hydrogen-bond donors (Lipinski definition) is 2. The molecule has 0 bridgehead atoms. The fraction of sp³-hybridized carbons (Fsp3) is 0.588. The minimum Gasteiger partial charge on any atom is -0.496 e. The molecule has 1 saturated carbocycles. The normalized spacial score (nSPS) is 16.7. The van der Waals surface area contributed by atoms with Gasteiger partial charge in [0.2, 0.25) is 5.91 Å². The number of carbonyl (C=O) groups is 1. The Bertz CT molecular complexity index is 456. The molecule has 4 nitrogen and oxygen atoms in total. The number of para-hydroxylation sites is 1. The summed E-state index contributed by atoms with van der Waals surface area (Å²) < 4.78 is 5.34. The Labute approximate surface area is 127 Å². The Morgan fingerprint density at radius 2 is 2.05 bits per heavy atom. The van der Waals surface area contributed by atoms with E-state index in [2.05, 4.69) is 10.6 Å². The van der Waals surface area contributed by atoms with Crippen molar-refractivity contribution in [3.63, 3.8) is 0 Å². The lowest BCUT2D eigenvalue weighted by atomic mass is 10.1. The number of nitrogens with one attached hydrogen (secondary N) is 2. The zero-order valence-electron chi connectivity index (χ0n) is 13.0. The maximum absolute atomic E-state index is 11.9. The monoisotopic (exact) mass is 290 g/mol. The molecule has 0 aromatic heterocycles. The van der Waals surface area contributed by atoms with Crippen molar-refractivity contribution in [3.05, 3.63) is 29.8 Å². The van der Waals surface area contributed by atoms with Gasteiger partial charge in [-0.15, -0.1) is 0 Å². The summed E-state index contributed by atoms with van der Waals surface area (Å²) in [5.74, 6) is 0.951. The van der Waals surface area contributed by atoms with Gasteiger partial charge in [-0.25, -0.2) is 0 Å². The number of carbonyl (C=O) groups excluding carboxylic acids is 1. The number of methoxy groups -OCH3 is 1. The highest BCUT2D eigenvalue weighted by atomic mass is 16.5. The zero-order valence-corrected chi connectivity index (χ0v) is 13.0. The lowest BCUT2D eigenvalue weighted by Gasteiger charge is -2.17. The van der Waals surface area contributed by atoms with E-state index in [1.54, 1.807) is 7.11 Å². The number of ether oxygens (including phenoxy) is 1. The van der Waals surface area contributed by atoms with E-state index >= 15 is 0 Å². The van der Waals surface area contributed by atoms with Crippen LogP contribution < -0.4 is 15.4 Å². The Hall–Kier alpha value is -1.55. The summed E-state index contributed by atoms with van der Waals surface area (Å²) in [7, 11) is 1.67. The Balaban J connectivity index is 1.75. The van der Waals surface area contributed by atoms with Crippen molar-refractivity contribution >= 4 is 5.91 Å². The van der Waals surface area contributed by atoms with Crippen molar-refractivity contribution in [2.24, 2.45) is 0 Å². The summed E-state index contributed by atoms with van der Waals surface area (Å²) in [5, 5.41) is 6.38. The molecule has 116 valence electrons. The smallest absolute Gasteiger partial charge is 0.234 e. The van der Waals surface area contributed by atoms with E-state index in [1.165, 1.54) is 25.7 Å². The summed E-state index contributed by atoms with van der Waals surface area (Å²) in [6.07, 6.45) is 5.74. The quantitative estimate of drug-likeness (QED) is 0.810. The third-order valence-corrected chi connectivity index (χ3v) is 4.03. The second-order valence-electron chi connectivity index (χ2n) is 5.85. The lowest BCUT2D eigenvalue weighted by Crippen LogP contribution is -2.42. The minimum atomic E-state index is 0.0734. The van der Waals surface area contributed by atoms with Gasteiger partial charge in [0.05, 0.1) is 13.7 Å². The molecule has 1 aromatic rings. The van der Waals surface area contributed by atoms with Crippen LogP contribution in [0.1, 0.15) is 38.2 Å². The summed E-state index contributed by atoms with van der Waals surface area (Å²) in [5.41, 5.74) is 1.12. The number of rotatable bonds is 7. The van der Waals surface area contributed by atoms with Gasteiger partial charge in [-0.1, -0.05) is 31.0 Å². The van der Waals surface area contributed by atoms with Crippen LogP contribution in [0.5, 0.6) is 5.75 Å². The fourth-order valence-corrected chi connectivity index (χ4v) is 2.95. The summed E-state index contributed by atoms with van der Waals surface area (Å²) in [6.45, 7) is 2.45. The molecule has 4 heteroatoms. The largest absolute Gasteiger partial charge is 0.496 e. The molecule has 0 heterocycles. The molecule has 1 unspecified atom stereocenters. The lowest BCUT2D eigenvalue weighted by molar-refractivity contribution is -0.120. The van der Waals surface area contributed by atoms with Gasteiger partial charge in [0.1, 0.15) is 5.75 Å². The highest BCUT2D eigenvalue weighted by Gasteiger charge is 2.16. The van der Waals surface area contributed by atoms with Crippen LogP contribution >= 0.6 is 0 Å². The van der Waals surface area contributed by atoms with Gasteiger partial charge < -0.3 is 15.4 Å². The van der Waals surface area contributed by atoms with Gasteiger partial charge in [-0.2, -0.15) is 0 Å². The van der Waals surface area contributed by atoms with Crippen LogP contribution in [-0.4, -0.2) is 31.6 Å². The predicted molar refractivity (Wildman–Crippen MR) is 84.6 cm³/mol. The Morgan fingerprint density at radius 1 is 1.33 bits per heavy atom. The van der Waals surface area contributed by atoms with Gasteiger partial charge in [0.15, 0.2) is 0 Å². The molecule has 1 atom stereocenters. The van der Waals surface area contributed by atoms with Crippen LogP contribution in [0.2, 0.25) is 0 Å². The van der Waals surface area contributed by atoms with E-state index in [9.17, 15) is 4.79 Å². The maximum atomic E-state index is 11.9. The second kappa shape index (κ2) is 8.03. The van der Waals surface area contributed by atoms with Gasteiger partial charge in [-0.05, 0) is 37.8 Å². The summed E-state index contributed by atoms with van der Waals surface area (Å²) >= 11 is 0. The van der Waals surface area contributed by atoms with Crippen LogP contribution in [-0.2, 0) is 11.2 Å². The Morgan fingerprint density at radius 3 is 2.76 bits per heavy atom. The molecule has 2 N–H and O–H groups in total. The average Bonchev–Trinajstić information content (AvgIpc) is 2.99. The van der Waals surface area contributed by atoms with Crippen LogP contribution in [0.3, 0.4) is 0 Å². The third-order valence-electron chi connectivity index (χ3n) is 4.03. The van der Waals surface area contributed by atoms with Gasteiger partial charge in [0.25, 0.3) is 0 Å². The molecule has 1 aliphatic rings. The zero-order chi connectivity index (χ0) is 15.1. The van der Waals surface area contributed by atoms with Crippen molar-refractivity contribution in [3.8, 4) is 5.75 Å². The molecule has 21 heavy (non-hydrogen) atoms. The molecule has 0 radical (unpaired) electrons. The average molecular weight is 290 g/mol. The van der Waals surface area contributed by atoms with E-state index < -0.39 is 0 Å². The molecule has 1 fully saturated rings. The molecule has 1 aromatic carbocycles. The first kappa shape index (κ1) is 15.8. The van der Waals surface area contributed by atoms with E-state index in [4.69, 9.17) is 4.74 Å². The molecule has 0 aliphatic heterocycles. The molecular formula is C17H26N2O2. The molecular weight excluding hydrogens is 264 g/mol. The van der Waals surface area contributed by atoms with E-state index in [1.807, 2.05) is 31.2 Å². The third kappa shape index (κ3) is 5.05. The fourth-order valence-electron chi connectivity index (χ4n) is 2.95. The highest BCUT2D eigenvalue weighted by Crippen LogP contribution is 2.19. The van der Waals surface area contributed by atoms with Crippen molar-refractivity contribution in [2.75, 3.05) is 13.7 Å². The number of amides is 1. The molecule has 2 rings (SSSR count). The molecule has 1 aliphatic carbocycles. The summed E-state index contributed by atoms with van der Waals surface area (Å²) in [4.78, 5) is 11.9. The second-order valence-corrected chi connectivity index (χ2v) is 5.85. The van der Waals surface area contributed by atoms with E-state index in [0.29, 0.717) is 12.6 Å². The number of hydrogen-bond acceptors (Lipinski definition) is 3. The van der Waals surface area contributed by atoms with Crippen molar-refractivity contribution in [1.82, 2.24) is 10.6 Å². The SMILES string of the molecule is COc1ccccc1CC(C)NC(=O)CNC1CCCC1. The standard InChI is InChI=1S/C17H26N2O2/c1-13(11-14-7-3-6-10-16(14)21-2)19-17(20)12-18-15-8-4-5-9-15/h3,6-7,10,13,15,18H,4-5,8-9,11-12H2,1-2H3,(H,19,20). The predicted octanol–water partition coefficient (Wildman–Crippen LogP) is 2.27. The first-order valence-corrected chi connectivity index (χ1v) is 7.83. The van der Waals surface area contributed by atoms with Crippen molar-refractivity contribution < 1.29 is 9.53 Å². The van der Waals surface area contributed by atoms with Gasteiger partial charge in [-0.3, -0.25) is 4.79 Å². The molecule has 0 saturated heterocycles. The van der Waals surface area contributed by atoms with E-state index in [-0.39, 0.29) is 11.9 Å². The topological polar surface area (TPSA) is 50.4 Å². The maximum Gasteiger partial charge on any atom is 0.234 e. The van der Waals surface area contributed by atoms with Crippen LogP contribution in [0, 0.1) is 0 Å². The minimum absolute atomic E-state index is 0.0734. The first-order chi connectivity index (χ1) is 10.2. The first-order valence-electron chi connectivity index (χ1n) is 7.83. The van der Waals surface area contributed by atoms with Crippen molar-refractivity contribution in [2.45, 2.75) is 51.1 Å². The van der Waals surface area contributed by atoms with Crippen molar-refractivity contribution in [1.29, 1.82) is 0 Å².